The van der Waals surface area contributed by atoms with Crippen molar-refractivity contribution in [1.82, 2.24) is 9.55 Å². The number of nitrogens with two attached hydrogens (primary N) is 1. The first-order valence-corrected chi connectivity index (χ1v) is 6.85. The highest BCUT2D eigenvalue weighted by Crippen LogP contribution is 2.19. The highest BCUT2D eigenvalue weighted by molar-refractivity contribution is 7.80. The van der Waals surface area contributed by atoms with Gasteiger partial charge in [-0.25, -0.2) is 0 Å². The summed E-state index contributed by atoms with van der Waals surface area (Å²) in [5, 5.41) is 1.14. The number of nitrogens with zero attached hydrogens (tertiary/aromatic N) is 2. The number of thiocarbonyl (C=S) groups is 1. The second kappa shape index (κ2) is 5.06. The van der Waals surface area contributed by atoms with Gasteiger partial charge in [0.15, 0.2) is 0 Å². The fourth-order valence-electron chi connectivity index (χ4n) is 2.34. The Kier molecular flexibility index (Phi) is 3.24. The zero-order valence-electron chi connectivity index (χ0n) is 11.2. The highest BCUT2D eigenvalue weighted by Gasteiger charge is 2.06. The van der Waals surface area contributed by atoms with Crippen molar-refractivity contribution >= 4 is 28.1 Å². The summed E-state index contributed by atoms with van der Waals surface area (Å²) >= 11 is 5.01. The SMILES string of the molecule is Cc1cccnc1Cn1ccc2cc(C(N)=S)ccc21. The molecule has 0 unspecified atom stereocenters. The van der Waals surface area contributed by atoms with E-state index in [1.165, 1.54) is 5.56 Å². The monoisotopic (exact) mass is 281 g/mol. The molecule has 4 heteroatoms. The Bertz CT molecular complexity index is 789. The molecule has 0 saturated carbocycles. The van der Waals surface area contributed by atoms with Crippen molar-refractivity contribution in [3.63, 3.8) is 0 Å². The fourth-order valence-corrected chi connectivity index (χ4v) is 2.46. The summed E-state index contributed by atoms with van der Waals surface area (Å²) < 4.78 is 2.19. The summed E-state index contributed by atoms with van der Waals surface area (Å²) in [7, 11) is 0. The maximum Gasteiger partial charge on any atom is 0.104 e. The maximum absolute atomic E-state index is 5.67. The summed E-state index contributed by atoms with van der Waals surface area (Å²) in [6.45, 7) is 2.85. The Morgan fingerprint density at radius 1 is 1.30 bits per heavy atom. The van der Waals surface area contributed by atoms with E-state index in [0.717, 1.165) is 28.7 Å². The van der Waals surface area contributed by atoms with E-state index in [1.807, 2.05) is 24.4 Å². The third kappa shape index (κ3) is 2.30. The minimum absolute atomic E-state index is 0.431. The highest BCUT2D eigenvalue weighted by atomic mass is 32.1. The van der Waals surface area contributed by atoms with Crippen molar-refractivity contribution in [3.8, 4) is 0 Å². The van der Waals surface area contributed by atoms with Crippen LogP contribution >= 0.6 is 12.2 Å². The molecule has 2 aromatic heterocycles. The van der Waals surface area contributed by atoms with Crippen molar-refractivity contribution in [3.05, 3.63) is 65.6 Å². The van der Waals surface area contributed by atoms with Crippen LogP contribution in [0.1, 0.15) is 16.8 Å². The van der Waals surface area contributed by atoms with E-state index in [9.17, 15) is 0 Å². The van der Waals surface area contributed by atoms with E-state index in [-0.39, 0.29) is 0 Å². The lowest BCUT2D eigenvalue weighted by Gasteiger charge is -2.08. The van der Waals surface area contributed by atoms with Crippen LogP contribution in [0.15, 0.2) is 48.8 Å². The van der Waals surface area contributed by atoms with Crippen molar-refractivity contribution in [2.75, 3.05) is 0 Å². The second-order valence-corrected chi connectivity index (χ2v) is 5.29. The molecule has 1 aromatic carbocycles. The molecule has 2 heterocycles. The van der Waals surface area contributed by atoms with Gasteiger partial charge in [0, 0.05) is 28.9 Å². The van der Waals surface area contributed by atoms with Crippen LogP contribution in [0, 0.1) is 6.92 Å². The summed E-state index contributed by atoms with van der Waals surface area (Å²) in [5.74, 6) is 0. The molecule has 0 spiro atoms. The van der Waals surface area contributed by atoms with Crippen LogP contribution in [0.4, 0.5) is 0 Å². The number of hydrogen-bond donors (Lipinski definition) is 1. The standard InChI is InChI=1S/C16H15N3S/c1-11-3-2-7-18-14(11)10-19-8-6-12-9-13(16(17)20)4-5-15(12)19/h2-9H,10H2,1H3,(H2,17,20). The van der Waals surface area contributed by atoms with E-state index in [1.54, 1.807) is 0 Å². The molecular formula is C16H15N3S. The molecule has 0 amide bonds. The fraction of sp³-hybridized carbons (Fsp3) is 0.125. The molecule has 0 bridgehead atoms. The average molecular weight is 281 g/mol. The first-order valence-electron chi connectivity index (χ1n) is 6.44. The van der Waals surface area contributed by atoms with E-state index < -0.39 is 0 Å². The van der Waals surface area contributed by atoms with Gasteiger partial charge < -0.3 is 10.3 Å². The number of aromatic nitrogens is 2. The van der Waals surface area contributed by atoms with Crippen LogP contribution in [0.3, 0.4) is 0 Å². The molecular weight excluding hydrogens is 266 g/mol. The maximum atomic E-state index is 5.67. The molecule has 0 aliphatic carbocycles. The summed E-state index contributed by atoms with van der Waals surface area (Å²) in [4.78, 5) is 4.87. The van der Waals surface area contributed by atoms with E-state index >= 15 is 0 Å². The van der Waals surface area contributed by atoms with Gasteiger partial charge in [-0.3, -0.25) is 4.98 Å². The van der Waals surface area contributed by atoms with Crippen molar-refractivity contribution in [1.29, 1.82) is 0 Å². The van der Waals surface area contributed by atoms with Crippen molar-refractivity contribution in [2.45, 2.75) is 13.5 Å². The van der Waals surface area contributed by atoms with Crippen molar-refractivity contribution in [2.24, 2.45) is 5.73 Å². The molecule has 0 fully saturated rings. The van der Waals surface area contributed by atoms with Gasteiger partial charge in [-0.15, -0.1) is 0 Å². The van der Waals surface area contributed by atoms with Gasteiger partial charge in [-0.1, -0.05) is 18.3 Å². The summed E-state index contributed by atoms with van der Waals surface area (Å²) in [5.41, 5.74) is 10.0. The summed E-state index contributed by atoms with van der Waals surface area (Å²) in [6.07, 6.45) is 3.90. The van der Waals surface area contributed by atoms with E-state index in [2.05, 4.69) is 40.9 Å². The average Bonchev–Trinajstić information content (AvgIpc) is 2.84. The molecule has 3 aromatic rings. The minimum Gasteiger partial charge on any atom is -0.389 e. The van der Waals surface area contributed by atoms with Crippen LogP contribution in [0.5, 0.6) is 0 Å². The lowest BCUT2D eigenvalue weighted by molar-refractivity contribution is 0.799. The smallest absolute Gasteiger partial charge is 0.104 e. The second-order valence-electron chi connectivity index (χ2n) is 4.85. The van der Waals surface area contributed by atoms with Crippen molar-refractivity contribution < 1.29 is 0 Å². The molecule has 3 nitrogen and oxygen atoms in total. The first-order chi connectivity index (χ1) is 9.65. The van der Waals surface area contributed by atoms with Gasteiger partial charge in [0.25, 0.3) is 0 Å². The quantitative estimate of drug-likeness (QED) is 0.750. The van der Waals surface area contributed by atoms with Crippen LogP contribution in [-0.2, 0) is 6.54 Å². The predicted octanol–water partition coefficient (Wildman–Crippen LogP) is 3.03. The molecule has 0 saturated heterocycles. The molecule has 0 aliphatic rings. The zero-order chi connectivity index (χ0) is 14.1. The molecule has 100 valence electrons. The first kappa shape index (κ1) is 12.8. The zero-order valence-corrected chi connectivity index (χ0v) is 12.0. The van der Waals surface area contributed by atoms with Crippen LogP contribution in [0.25, 0.3) is 10.9 Å². The van der Waals surface area contributed by atoms with E-state index in [4.69, 9.17) is 18.0 Å². The van der Waals surface area contributed by atoms with Crippen LogP contribution in [-0.4, -0.2) is 14.5 Å². The third-order valence-electron chi connectivity index (χ3n) is 3.49. The molecule has 20 heavy (non-hydrogen) atoms. The third-order valence-corrected chi connectivity index (χ3v) is 3.73. The molecule has 0 radical (unpaired) electrons. The van der Waals surface area contributed by atoms with Crippen LogP contribution < -0.4 is 5.73 Å². The largest absolute Gasteiger partial charge is 0.389 e. The number of aryl methyl sites for hydroxylation is 1. The molecule has 0 aliphatic heterocycles. The van der Waals surface area contributed by atoms with Gasteiger partial charge in [0.05, 0.1) is 12.2 Å². The minimum atomic E-state index is 0.431. The van der Waals surface area contributed by atoms with Gasteiger partial charge in [0.2, 0.25) is 0 Å². The van der Waals surface area contributed by atoms with Gasteiger partial charge >= 0.3 is 0 Å². The Morgan fingerprint density at radius 2 is 2.15 bits per heavy atom. The lowest BCUT2D eigenvalue weighted by atomic mass is 10.1. The van der Waals surface area contributed by atoms with Gasteiger partial charge in [-0.05, 0) is 42.8 Å². The predicted molar refractivity (Wildman–Crippen MR) is 85.9 cm³/mol. The topological polar surface area (TPSA) is 43.8 Å². The normalized spacial score (nSPS) is 10.8. The van der Waals surface area contributed by atoms with Gasteiger partial charge in [0.1, 0.15) is 4.99 Å². The number of benzene rings is 1. The Morgan fingerprint density at radius 3 is 2.90 bits per heavy atom. The molecule has 3 rings (SSSR count). The molecule has 2 N–H and O–H groups in total. The number of hydrogen-bond acceptors (Lipinski definition) is 2. The number of rotatable bonds is 3. The lowest BCUT2D eigenvalue weighted by Crippen LogP contribution is -2.09. The van der Waals surface area contributed by atoms with E-state index in [0.29, 0.717) is 4.99 Å². The summed E-state index contributed by atoms with van der Waals surface area (Å²) in [6, 6.07) is 12.2. The number of fused-ring (bicyclic) bond motifs is 1. The Balaban J connectivity index is 2.01. The number of pyridine rings is 1. The molecule has 0 atom stereocenters. The Hall–Kier alpha value is -2.20. The van der Waals surface area contributed by atoms with Gasteiger partial charge in [-0.2, -0.15) is 0 Å². The Labute approximate surface area is 123 Å². The van der Waals surface area contributed by atoms with Crippen LogP contribution in [0.2, 0.25) is 0 Å².